The first kappa shape index (κ1) is 16.0. The highest BCUT2D eigenvalue weighted by Crippen LogP contribution is 2.37. The van der Waals surface area contributed by atoms with Gasteiger partial charge < -0.3 is 20.5 Å². The second kappa shape index (κ2) is 5.95. The normalized spacial score (nSPS) is 16.5. The average Bonchev–Trinajstić information content (AvgIpc) is 2.53. The monoisotopic (exact) mass is 338 g/mol. The molecule has 1 unspecified atom stereocenters. The molecule has 126 valence electrons. The highest BCUT2D eigenvalue weighted by Gasteiger charge is 2.31. The number of benzene rings is 2. The number of ether oxygens (including phenoxy) is 2. The standard InChI is InChI=1S/C16H13F3N2O3/c17-16(18,19)24-10-6-4-9(5-7-10)13-8-21-12-3-1-2-11(15(20)22)14(12)23-13/h1-7,13,21H,8H2,(H2,20,22). The zero-order chi connectivity index (χ0) is 17.3. The number of fused-ring (bicyclic) bond motifs is 1. The lowest BCUT2D eigenvalue weighted by Gasteiger charge is -2.29. The van der Waals surface area contributed by atoms with Crippen molar-refractivity contribution < 1.29 is 27.4 Å². The highest BCUT2D eigenvalue weighted by molar-refractivity contribution is 5.97. The summed E-state index contributed by atoms with van der Waals surface area (Å²) in [6.45, 7) is 0.398. The summed E-state index contributed by atoms with van der Waals surface area (Å²) in [6, 6.07) is 10.3. The minimum Gasteiger partial charge on any atom is -0.481 e. The van der Waals surface area contributed by atoms with E-state index in [4.69, 9.17) is 10.5 Å². The van der Waals surface area contributed by atoms with Gasteiger partial charge >= 0.3 is 6.36 Å². The molecule has 0 spiro atoms. The van der Waals surface area contributed by atoms with Crippen LogP contribution in [0.5, 0.6) is 11.5 Å². The van der Waals surface area contributed by atoms with Gasteiger partial charge in [0.25, 0.3) is 5.91 Å². The molecule has 0 saturated carbocycles. The predicted molar refractivity (Wildman–Crippen MR) is 79.9 cm³/mol. The molecule has 1 aliphatic heterocycles. The first-order chi connectivity index (χ1) is 11.3. The summed E-state index contributed by atoms with van der Waals surface area (Å²) < 4.78 is 46.2. The van der Waals surface area contributed by atoms with Crippen LogP contribution in [-0.2, 0) is 0 Å². The van der Waals surface area contributed by atoms with Crippen molar-refractivity contribution in [3.8, 4) is 11.5 Å². The van der Waals surface area contributed by atoms with Crippen molar-refractivity contribution in [3.05, 3.63) is 53.6 Å². The van der Waals surface area contributed by atoms with Gasteiger partial charge in [-0.15, -0.1) is 13.2 Å². The number of carbonyl (C=O) groups is 1. The minimum atomic E-state index is -4.74. The summed E-state index contributed by atoms with van der Waals surface area (Å²) in [4.78, 5) is 11.5. The molecule has 8 heteroatoms. The number of carbonyl (C=O) groups excluding carboxylic acids is 1. The fourth-order valence-corrected chi connectivity index (χ4v) is 2.45. The fraction of sp³-hybridized carbons (Fsp3) is 0.188. The van der Waals surface area contributed by atoms with E-state index < -0.39 is 18.4 Å². The maximum Gasteiger partial charge on any atom is 0.573 e. The van der Waals surface area contributed by atoms with Gasteiger partial charge in [0.05, 0.1) is 17.8 Å². The molecule has 3 rings (SSSR count). The molecule has 0 aliphatic carbocycles. The molecular formula is C16H13F3N2O3. The Morgan fingerprint density at radius 2 is 1.92 bits per heavy atom. The molecule has 0 bridgehead atoms. The van der Waals surface area contributed by atoms with Gasteiger partial charge in [-0.3, -0.25) is 4.79 Å². The maximum atomic E-state index is 12.2. The van der Waals surface area contributed by atoms with Crippen LogP contribution in [0.4, 0.5) is 18.9 Å². The first-order valence-electron chi connectivity index (χ1n) is 7.02. The zero-order valence-electron chi connectivity index (χ0n) is 12.3. The molecule has 2 aromatic rings. The molecule has 1 aliphatic rings. The summed E-state index contributed by atoms with van der Waals surface area (Å²) in [5.74, 6) is -0.603. The summed E-state index contributed by atoms with van der Waals surface area (Å²) in [5, 5.41) is 3.12. The lowest BCUT2D eigenvalue weighted by Crippen LogP contribution is -2.26. The largest absolute Gasteiger partial charge is 0.573 e. The number of alkyl halides is 3. The van der Waals surface area contributed by atoms with Gasteiger partial charge in [-0.05, 0) is 29.8 Å². The summed E-state index contributed by atoms with van der Waals surface area (Å²) >= 11 is 0. The maximum absolute atomic E-state index is 12.2. The van der Waals surface area contributed by atoms with Gasteiger partial charge in [0.15, 0.2) is 5.75 Å². The lowest BCUT2D eigenvalue weighted by molar-refractivity contribution is -0.274. The first-order valence-corrected chi connectivity index (χ1v) is 7.02. The van der Waals surface area contributed by atoms with Crippen LogP contribution in [0, 0.1) is 0 Å². The van der Waals surface area contributed by atoms with E-state index >= 15 is 0 Å². The van der Waals surface area contributed by atoms with E-state index in [1.54, 1.807) is 18.2 Å². The van der Waals surface area contributed by atoms with Gasteiger partial charge in [0.2, 0.25) is 0 Å². The predicted octanol–water partition coefficient (Wildman–Crippen LogP) is 3.23. The van der Waals surface area contributed by atoms with Crippen molar-refractivity contribution in [2.75, 3.05) is 11.9 Å². The number of nitrogens with two attached hydrogens (primary N) is 1. The van der Waals surface area contributed by atoms with Crippen molar-refractivity contribution in [1.82, 2.24) is 0 Å². The Morgan fingerprint density at radius 3 is 2.54 bits per heavy atom. The number of nitrogens with one attached hydrogen (secondary N) is 1. The van der Waals surface area contributed by atoms with Crippen LogP contribution in [-0.4, -0.2) is 18.8 Å². The second-order valence-electron chi connectivity index (χ2n) is 5.15. The topological polar surface area (TPSA) is 73.6 Å². The molecule has 5 nitrogen and oxygen atoms in total. The Kier molecular flexibility index (Phi) is 3.96. The number of hydrogen-bond acceptors (Lipinski definition) is 4. The third kappa shape index (κ3) is 3.37. The Balaban J connectivity index is 1.82. The van der Waals surface area contributed by atoms with Gasteiger partial charge in [0.1, 0.15) is 11.9 Å². The highest BCUT2D eigenvalue weighted by atomic mass is 19.4. The number of para-hydroxylation sites is 1. The molecule has 1 atom stereocenters. The van der Waals surface area contributed by atoms with Crippen LogP contribution in [0.25, 0.3) is 0 Å². The zero-order valence-corrected chi connectivity index (χ0v) is 12.3. The van der Waals surface area contributed by atoms with E-state index in [1.807, 2.05) is 0 Å². The van der Waals surface area contributed by atoms with Gasteiger partial charge in [-0.25, -0.2) is 0 Å². The molecule has 1 amide bonds. The van der Waals surface area contributed by atoms with Crippen LogP contribution < -0.4 is 20.5 Å². The lowest BCUT2D eigenvalue weighted by atomic mass is 10.1. The number of rotatable bonds is 3. The smallest absolute Gasteiger partial charge is 0.481 e. The number of anilines is 1. The molecule has 2 aromatic carbocycles. The van der Waals surface area contributed by atoms with E-state index in [0.717, 1.165) is 0 Å². The van der Waals surface area contributed by atoms with Crippen LogP contribution in [0.15, 0.2) is 42.5 Å². The third-order valence-corrected chi connectivity index (χ3v) is 3.50. The molecular weight excluding hydrogens is 325 g/mol. The van der Waals surface area contributed by atoms with E-state index in [-0.39, 0.29) is 11.3 Å². The second-order valence-corrected chi connectivity index (χ2v) is 5.15. The van der Waals surface area contributed by atoms with E-state index in [1.165, 1.54) is 24.3 Å². The molecule has 1 heterocycles. The average molecular weight is 338 g/mol. The minimum absolute atomic E-state index is 0.238. The summed E-state index contributed by atoms with van der Waals surface area (Å²) in [6.07, 6.45) is -5.21. The molecule has 0 fully saturated rings. The van der Waals surface area contributed by atoms with Crippen molar-refractivity contribution in [2.24, 2.45) is 5.73 Å². The Labute approximate surface area is 135 Å². The van der Waals surface area contributed by atoms with Crippen LogP contribution in [0.3, 0.4) is 0 Å². The molecule has 3 N–H and O–H groups in total. The van der Waals surface area contributed by atoms with Crippen LogP contribution >= 0.6 is 0 Å². The quantitative estimate of drug-likeness (QED) is 0.901. The Bertz CT molecular complexity index is 760. The molecule has 24 heavy (non-hydrogen) atoms. The van der Waals surface area contributed by atoms with E-state index in [2.05, 4.69) is 10.1 Å². The number of primary amides is 1. The van der Waals surface area contributed by atoms with Crippen molar-refractivity contribution in [3.63, 3.8) is 0 Å². The van der Waals surface area contributed by atoms with Crippen molar-refractivity contribution in [1.29, 1.82) is 0 Å². The number of halogens is 3. The van der Waals surface area contributed by atoms with Gasteiger partial charge in [-0.1, -0.05) is 18.2 Å². The van der Waals surface area contributed by atoms with Crippen LogP contribution in [0.2, 0.25) is 0 Å². The van der Waals surface area contributed by atoms with E-state index in [9.17, 15) is 18.0 Å². The van der Waals surface area contributed by atoms with Crippen molar-refractivity contribution >= 4 is 11.6 Å². The van der Waals surface area contributed by atoms with Crippen molar-refractivity contribution in [2.45, 2.75) is 12.5 Å². The Morgan fingerprint density at radius 1 is 1.21 bits per heavy atom. The summed E-state index contributed by atoms with van der Waals surface area (Å²) in [5.41, 5.74) is 6.85. The van der Waals surface area contributed by atoms with Gasteiger partial charge in [-0.2, -0.15) is 0 Å². The Hall–Kier alpha value is -2.90. The van der Waals surface area contributed by atoms with E-state index in [0.29, 0.717) is 23.5 Å². The SMILES string of the molecule is NC(=O)c1cccc2c1OC(c1ccc(OC(F)(F)F)cc1)CN2. The molecule has 0 aromatic heterocycles. The van der Waals surface area contributed by atoms with Crippen LogP contribution in [0.1, 0.15) is 22.0 Å². The summed E-state index contributed by atoms with van der Waals surface area (Å²) in [7, 11) is 0. The number of amides is 1. The fourth-order valence-electron chi connectivity index (χ4n) is 2.45. The van der Waals surface area contributed by atoms with Gasteiger partial charge in [0, 0.05) is 0 Å². The third-order valence-electron chi connectivity index (χ3n) is 3.50. The molecule has 0 radical (unpaired) electrons. The number of hydrogen-bond donors (Lipinski definition) is 2. The molecule has 0 saturated heterocycles.